The van der Waals surface area contributed by atoms with Gasteiger partial charge in [0.05, 0.1) is 42.8 Å². The molecule has 1 heterocycles. The van der Waals surface area contributed by atoms with Gasteiger partial charge in [0.25, 0.3) is 0 Å². The molecule has 1 atom stereocenters. The van der Waals surface area contributed by atoms with Gasteiger partial charge in [-0.15, -0.1) is 0 Å². The van der Waals surface area contributed by atoms with Gasteiger partial charge in [-0.2, -0.15) is 5.10 Å². The Balaban J connectivity index is 2.67. The number of likely N-dealkylation sites (N-methyl/N-ethyl adjacent to an activating group) is 1. The standard InChI is InChI=1S/C12H22ClN3O2/c1-4-14-11(9-18-7-6-17-3)12-10(13)8-15-16(12)5-2/h8,11,14H,4-7,9H2,1-3H3. The van der Waals surface area contributed by atoms with Crippen LogP contribution in [0, 0.1) is 0 Å². The first-order chi connectivity index (χ1) is 8.74. The molecule has 1 unspecified atom stereocenters. The summed E-state index contributed by atoms with van der Waals surface area (Å²) >= 11 is 6.19. The molecule has 1 aromatic rings. The summed E-state index contributed by atoms with van der Waals surface area (Å²) < 4.78 is 12.4. The van der Waals surface area contributed by atoms with Crippen LogP contribution in [0.4, 0.5) is 0 Å². The van der Waals surface area contributed by atoms with Crippen LogP contribution in [0.5, 0.6) is 0 Å². The van der Waals surface area contributed by atoms with E-state index in [4.69, 9.17) is 21.1 Å². The van der Waals surface area contributed by atoms with Crippen LogP contribution >= 0.6 is 11.6 Å². The second kappa shape index (κ2) is 8.48. The van der Waals surface area contributed by atoms with Gasteiger partial charge in [0.1, 0.15) is 0 Å². The number of nitrogens with one attached hydrogen (secondary N) is 1. The quantitative estimate of drug-likeness (QED) is 0.699. The minimum absolute atomic E-state index is 0.0572. The van der Waals surface area contributed by atoms with E-state index in [1.165, 1.54) is 0 Å². The second-order valence-electron chi connectivity index (χ2n) is 3.87. The Labute approximate surface area is 113 Å². The number of aryl methyl sites for hydroxylation is 1. The zero-order valence-electron chi connectivity index (χ0n) is 11.3. The number of halogens is 1. The van der Waals surface area contributed by atoms with Crippen LogP contribution in [0.2, 0.25) is 5.02 Å². The van der Waals surface area contributed by atoms with Gasteiger partial charge >= 0.3 is 0 Å². The summed E-state index contributed by atoms with van der Waals surface area (Å²) in [6.45, 7) is 7.48. The molecule has 0 saturated heterocycles. The van der Waals surface area contributed by atoms with Crippen molar-refractivity contribution in [2.24, 2.45) is 0 Å². The highest BCUT2D eigenvalue weighted by Gasteiger charge is 2.19. The smallest absolute Gasteiger partial charge is 0.0835 e. The van der Waals surface area contributed by atoms with E-state index in [0.717, 1.165) is 18.8 Å². The summed E-state index contributed by atoms with van der Waals surface area (Å²) in [4.78, 5) is 0. The monoisotopic (exact) mass is 275 g/mol. The fourth-order valence-electron chi connectivity index (χ4n) is 1.79. The molecule has 0 saturated carbocycles. The highest BCUT2D eigenvalue weighted by Crippen LogP contribution is 2.23. The van der Waals surface area contributed by atoms with Gasteiger partial charge in [-0.05, 0) is 13.5 Å². The van der Waals surface area contributed by atoms with Gasteiger partial charge in [0.2, 0.25) is 0 Å². The Bertz CT molecular complexity index is 344. The normalized spacial score (nSPS) is 12.9. The molecule has 0 bridgehead atoms. The number of hydrogen-bond acceptors (Lipinski definition) is 4. The van der Waals surface area contributed by atoms with Crippen LogP contribution in [0.25, 0.3) is 0 Å². The van der Waals surface area contributed by atoms with E-state index in [2.05, 4.69) is 17.3 Å². The predicted octanol–water partition coefficient (Wildman–Crippen LogP) is 1.87. The van der Waals surface area contributed by atoms with Crippen molar-refractivity contribution in [3.63, 3.8) is 0 Å². The first-order valence-corrected chi connectivity index (χ1v) is 6.63. The molecule has 0 amide bonds. The van der Waals surface area contributed by atoms with Crippen LogP contribution < -0.4 is 5.32 Å². The molecule has 1 rings (SSSR count). The van der Waals surface area contributed by atoms with Crippen molar-refractivity contribution in [2.45, 2.75) is 26.4 Å². The topological polar surface area (TPSA) is 48.3 Å². The Kier molecular flexibility index (Phi) is 7.27. The van der Waals surface area contributed by atoms with Gasteiger partial charge in [-0.3, -0.25) is 4.68 Å². The van der Waals surface area contributed by atoms with Gasteiger partial charge in [-0.25, -0.2) is 0 Å². The Morgan fingerprint density at radius 1 is 1.44 bits per heavy atom. The summed E-state index contributed by atoms with van der Waals surface area (Å²) in [5.74, 6) is 0. The first kappa shape index (κ1) is 15.4. The van der Waals surface area contributed by atoms with E-state index >= 15 is 0 Å². The van der Waals surface area contributed by atoms with Crippen molar-refractivity contribution in [2.75, 3.05) is 33.5 Å². The molecule has 0 radical (unpaired) electrons. The van der Waals surface area contributed by atoms with Crippen molar-refractivity contribution < 1.29 is 9.47 Å². The molecular weight excluding hydrogens is 254 g/mol. The van der Waals surface area contributed by atoms with Gasteiger partial charge in [0, 0.05) is 13.7 Å². The molecule has 0 aliphatic carbocycles. The molecule has 0 aliphatic heterocycles. The lowest BCUT2D eigenvalue weighted by molar-refractivity contribution is 0.0576. The van der Waals surface area contributed by atoms with Crippen molar-refractivity contribution >= 4 is 11.6 Å². The molecule has 1 N–H and O–H groups in total. The summed E-state index contributed by atoms with van der Waals surface area (Å²) in [5.41, 5.74) is 0.985. The average molecular weight is 276 g/mol. The lowest BCUT2D eigenvalue weighted by Crippen LogP contribution is -2.28. The zero-order valence-corrected chi connectivity index (χ0v) is 12.0. The third kappa shape index (κ3) is 4.24. The molecule has 0 aromatic carbocycles. The molecule has 1 aromatic heterocycles. The summed E-state index contributed by atoms with van der Waals surface area (Å²) in [7, 11) is 1.66. The molecule has 0 aliphatic rings. The Morgan fingerprint density at radius 3 is 2.83 bits per heavy atom. The van der Waals surface area contributed by atoms with Crippen LogP contribution in [-0.2, 0) is 16.0 Å². The number of aromatic nitrogens is 2. The van der Waals surface area contributed by atoms with E-state index < -0.39 is 0 Å². The number of methoxy groups -OCH3 is 1. The number of nitrogens with zero attached hydrogens (tertiary/aromatic N) is 2. The molecule has 6 heteroatoms. The van der Waals surface area contributed by atoms with E-state index in [1.54, 1.807) is 13.3 Å². The molecule has 5 nitrogen and oxygen atoms in total. The van der Waals surface area contributed by atoms with Gasteiger partial charge < -0.3 is 14.8 Å². The largest absolute Gasteiger partial charge is 0.382 e. The molecule has 0 spiro atoms. The van der Waals surface area contributed by atoms with E-state index in [9.17, 15) is 0 Å². The third-order valence-electron chi connectivity index (χ3n) is 2.63. The number of ether oxygens (including phenoxy) is 2. The first-order valence-electron chi connectivity index (χ1n) is 6.25. The van der Waals surface area contributed by atoms with Crippen molar-refractivity contribution in [1.82, 2.24) is 15.1 Å². The lowest BCUT2D eigenvalue weighted by Gasteiger charge is -2.19. The third-order valence-corrected chi connectivity index (χ3v) is 2.92. The Morgan fingerprint density at radius 2 is 2.22 bits per heavy atom. The molecule has 18 heavy (non-hydrogen) atoms. The van der Waals surface area contributed by atoms with E-state index in [-0.39, 0.29) is 6.04 Å². The SMILES string of the molecule is CCNC(COCCOC)c1c(Cl)cnn1CC. The van der Waals surface area contributed by atoms with Gasteiger partial charge in [0.15, 0.2) is 0 Å². The maximum Gasteiger partial charge on any atom is 0.0835 e. The molecule has 0 fully saturated rings. The summed E-state index contributed by atoms with van der Waals surface area (Å²) in [6.07, 6.45) is 1.68. The van der Waals surface area contributed by atoms with Crippen LogP contribution in [0.3, 0.4) is 0 Å². The molecule has 104 valence electrons. The van der Waals surface area contributed by atoms with Crippen molar-refractivity contribution in [1.29, 1.82) is 0 Å². The number of hydrogen-bond donors (Lipinski definition) is 1. The van der Waals surface area contributed by atoms with E-state index in [0.29, 0.717) is 24.8 Å². The number of rotatable bonds is 9. The lowest BCUT2D eigenvalue weighted by atomic mass is 10.2. The fourth-order valence-corrected chi connectivity index (χ4v) is 2.07. The van der Waals surface area contributed by atoms with Crippen molar-refractivity contribution in [3.8, 4) is 0 Å². The molecular formula is C12H22ClN3O2. The minimum Gasteiger partial charge on any atom is -0.382 e. The Hall–Kier alpha value is -0.620. The fraction of sp³-hybridized carbons (Fsp3) is 0.750. The summed E-state index contributed by atoms with van der Waals surface area (Å²) in [5, 5.41) is 8.29. The average Bonchev–Trinajstić information content (AvgIpc) is 2.74. The summed E-state index contributed by atoms with van der Waals surface area (Å²) in [6, 6.07) is 0.0572. The van der Waals surface area contributed by atoms with Gasteiger partial charge in [-0.1, -0.05) is 18.5 Å². The maximum atomic E-state index is 6.19. The van der Waals surface area contributed by atoms with Crippen molar-refractivity contribution in [3.05, 3.63) is 16.9 Å². The highest BCUT2D eigenvalue weighted by molar-refractivity contribution is 6.31. The van der Waals surface area contributed by atoms with Crippen LogP contribution in [0.15, 0.2) is 6.20 Å². The highest BCUT2D eigenvalue weighted by atomic mass is 35.5. The zero-order chi connectivity index (χ0) is 13.4. The maximum absolute atomic E-state index is 6.19. The predicted molar refractivity (Wildman–Crippen MR) is 72.0 cm³/mol. The van der Waals surface area contributed by atoms with E-state index in [1.807, 2.05) is 11.6 Å². The minimum atomic E-state index is 0.0572. The second-order valence-corrected chi connectivity index (χ2v) is 4.28. The van der Waals surface area contributed by atoms with Crippen LogP contribution in [-0.4, -0.2) is 43.3 Å². The van der Waals surface area contributed by atoms with Crippen LogP contribution in [0.1, 0.15) is 25.6 Å².